The molecule has 0 aliphatic carbocycles. The summed E-state index contributed by atoms with van der Waals surface area (Å²) in [4.78, 5) is 14.2. The van der Waals surface area contributed by atoms with Gasteiger partial charge in [0.15, 0.2) is 6.33 Å². The zero-order chi connectivity index (χ0) is 12.1. The van der Waals surface area contributed by atoms with E-state index in [0.717, 1.165) is 5.82 Å². The molecule has 0 bridgehead atoms. The highest BCUT2D eigenvalue weighted by Gasteiger charge is 2.02. The fraction of sp³-hybridized carbons (Fsp3) is 0.400. The Morgan fingerprint density at radius 2 is 2.24 bits per heavy atom. The van der Waals surface area contributed by atoms with Gasteiger partial charge in [-0.05, 0) is 6.07 Å². The van der Waals surface area contributed by atoms with Crippen LogP contribution in [0.4, 0.5) is 11.8 Å². The van der Waals surface area contributed by atoms with Crippen LogP contribution in [0.15, 0.2) is 23.1 Å². The minimum atomic E-state index is 0.611. The average molecular weight is 234 g/mol. The number of aromatic nitrogens is 4. The molecule has 7 nitrogen and oxygen atoms in total. The van der Waals surface area contributed by atoms with Crippen molar-refractivity contribution in [2.75, 3.05) is 30.9 Å². The molecule has 0 saturated heterocycles. The molecule has 2 aromatic rings. The highest BCUT2D eigenvalue weighted by molar-refractivity contribution is 5.40. The second kappa shape index (κ2) is 5.24. The molecule has 0 unspecified atom stereocenters. The molecule has 0 amide bonds. The Morgan fingerprint density at radius 1 is 1.35 bits per heavy atom. The standard InChI is InChI=1S/C10H14N6O/c1-16(2)10-12-5-3-8(15-10)11-6-4-9-13-7-14-17-9/h3,5,7H,4,6H2,1-2H3,(H,11,12,15). The van der Waals surface area contributed by atoms with E-state index in [9.17, 15) is 0 Å². The van der Waals surface area contributed by atoms with E-state index in [-0.39, 0.29) is 0 Å². The minimum absolute atomic E-state index is 0.611. The lowest BCUT2D eigenvalue weighted by Gasteiger charge is -2.11. The highest BCUT2D eigenvalue weighted by Crippen LogP contribution is 2.07. The molecule has 0 aliphatic heterocycles. The first-order valence-corrected chi connectivity index (χ1v) is 5.25. The van der Waals surface area contributed by atoms with Crippen molar-refractivity contribution in [3.05, 3.63) is 24.5 Å². The maximum absolute atomic E-state index is 4.89. The Morgan fingerprint density at radius 3 is 2.94 bits per heavy atom. The van der Waals surface area contributed by atoms with Gasteiger partial charge in [0.05, 0.1) is 0 Å². The number of anilines is 2. The van der Waals surface area contributed by atoms with E-state index < -0.39 is 0 Å². The van der Waals surface area contributed by atoms with Gasteiger partial charge in [0.2, 0.25) is 11.8 Å². The number of nitrogens with one attached hydrogen (secondary N) is 1. The van der Waals surface area contributed by atoms with Gasteiger partial charge in [-0.15, -0.1) is 0 Å². The molecule has 0 aromatic carbocycles. The molecular weight excluding hydrogens is 220 g/mol. The lowest BCUT2D eigenvalue weighted by atomic mass is 10.4. The highest BCUT2D eigenvalue weighted by atomic mass is 16.5. The van der Waals surface area contributed by atoms with Crippen LogP contribution in [0, 0.1) is 0 Å². The van der Waals surface area contributed by atoms with E-state index in [2.05, 4.69) is 25.4 Å². The van der Waals surface area contributed by atoms with Crippen LogP contribution < -0.4 is 10.2 Å². The lowest BCUT2D eigenvalue weighted by Crippen LogP contribution is -2.14. The fourth-order valence-electron chi connectivity index (χ4n) is 1.27. The summed E-state index contributed by atoms with van der Waals surface area (Å²) in [6.07, 6.45) is 3.78. The van der Waals surface area contributed by atoms with Gasteiger partial charge in [0.25, 0.3) is 0 Å². The quantitative estimate of drug-likeness (QED) is 0.810. The molecule has 1 N–H and O–H groups in total. The second-order valence-electron chi connectivity index (χ2n) is 3.65. The van der Waals surface area contributed by atoms with Crippen LogP contribution in [0.1, 0.15) is 5.89 Å². The largest absolute Gasteiger partial charge is 0.369 e. The van der Waals surface area contributed by atoms with Crippen molar-refractivity contribution in [1.29, 1.82) is 0 Å². The Balaban J connectivity index is 1.88. The van der Waals surface area contributed by atoms with Crippen molar-refractivity contribution in [1.82, 2.24) is 20.1 Å². The van der Waals surface area contributed by atoms with Crippen LogP contribution in [0.3, 0.4) is 0 Å². The summed E-state index contributed by atoms with van der Waals surface area (Å²) in [7, 11) is 3.80. The van der Waals surface area contributed by atoms with Gasteiger partial charge >= 0.3 is 0 Å². The smallest absolute Gasteiger partial charge is 0.228 e. The third-order valence-corrected chi connectivity index (χ3v) is 2.09. The predicted molar refractivity (Wildman–Crippen MR) is 62.9 cm³/mol. The molecule has 2 rings (SSSR count). The van der Waals surface area contributed by atoms with Crippen LogP contribution in [-0.4, -0.2) is 40.7 Å². The summed E-state index contributed by atoms with van der Waals surface area (Å²) >= 11 is 0. The molecule has 0 aliphatic rings. The SMILES string of the molecule is CN(C)c1nccc(NCCc2ncno2)n1. The first-order chi connectivity index (χ1) is 8.25. The number of rotatable bonds is 5. The zero-order valence-corrected chi connectivity index (χ0v) is 9.79. The Labute approximate surface area is 98.9 Å². The topological polar surface area (TPSA) is 80.0 Å². The van der Waals surface area contributed by atoms with Gasteiger partial charge < -0.3 is 14.7 Å². The van der Waals surface area contributed by atoms with Crippen molar-refractivity contribution >= 4 is 11.8 Å². The lowest BCUT2D eigenvalue weighted by molar-refractivity contribution is 0.379. The van der Waals surface area contributed by atoms with Gasteiger partial charge in [-0.25, -0.2) is 4.98 Å². The van der Waals surface area contributed by atoms with Crippen molar-refractivity contribution in [3.8, 4) is 0 Å². The molecule has 2 heterocycles. The van der Waals surface area contributed by atoms with Crippen LogP contribution in [0.2, 0.25) is 0 Å². The minimum Gasteiger partial charge on any atom is -0.369 e. The second-order valence-corrected chi connectivity index (χ2v) is 3.65. The molecular formula is C10H14N6O. The summed E-state index contributed by atoms with van der Waals surface area (Å²) in [6, 6.07) is 1.82. The first-order valence-electron chi connectivity index (χ1n) is 5.25. The molecule has 0 radical (unpaired) electrons. The van der Waals surface area contributed by atoms with Gasteiger partial charge in [0, 0.05) is 33.3 Å². The number of hydrogen-bond donors (Lipinski definition) is 1. The van der Waals surface area contributed by atoms with Gasteiger partial charge in [-0.1, -0.05) is 5.16 Å². The molecule has 0 saturated carbocycles. The number of hydrogen-bond acceptors (Lipinski definition) is 7. The molecule has 0 fully saturated rings. The first kappa shape index (κ1) is 11.3. The maximum atomic E-state index is 4.89. The summed E-state index contributed by atoms with van der Waals surface area (Å²) in [5, 5.41) is 6.71. The molecule has 0 spiro atoms. The van der Waals surface area contributed by atoms with E-state index in [1.807, 2.05) is 25.1 Å². The Hall–Kier alpha value is -2.18. The summed E-state index contributed by atoms with van der Waals surface area (Å²) in [5.74, 6) is 2.07. The molecule has 90 valence electrons. The average Bonchev–Trinajstić information content (AvgIpc) is 2.82. The third kappa shape index (κ3) is 3.13. The summed E-state index contributed by atoms with van der Waals surface area (Å²) < 4.78 is 4.89. The molecule has 0 atom stereocenters. The fourth-order valence-corrected chi connectivity index (χ4v) is 1.27. The van der Waals surface area contributed by atoms with E-state index in [1.54, 1.807) is 6.20 Å². The monoisotopic (exact) mass is 234 g/mol. The van der Waals surface area contributed by atoms with E-state index >= 15 is 0 Å². The van der Waals surface area contributed by atoms with Crippen LogP contribution in [0.5, 0.6) is 0 Å². The van der Waals surface area contributed by atoms with Crippen molar-refractivity contribution in [2.24, 2.45) is 0 Å². The van der Waals surface area contributed by atoms with Gasteiger partial charge in [0.1, 0.15) is 5.82 Å². The summed E-state index contributed by atoms with van der Waals surface area (Å²) in [6.45, 7) is 0.687. The zero-order valence-electron chi connectivity index (χ0n) is 9.79. The molecule has 17 heavy (non-hydrogen) atoms. The Kier molecular flexibility index (Phi) is 3.49. The van der Waals surface area contributed by atoms with Crippen molar-refractivity contribution in [2.45, 2.75) is 6.42 Å². The van der Waals surface area contributed by atoms with Crippen LogP contribution in [0.25, 0.3) is 0 Å². The third-order valence-electron chi connectivity index (χ3n) is 2.09. The van der Waals surface area contributed by atoms with Crippen molar-refractivity contribution < 1.29 is 4.52 Å². The predicted octanol–water partition coefficient (Wildman–Crippen LogP) is 0.580. The summed E-state index contributed by atoms with van der Waals surface area (Å²) in [5.41, 5.74) is 0. The maximum Gasteiger partial charge on any atom is 0.228 e. The van der Waals surface area contributed by atoms with Crippen LogP contribution in [-0.2, 0) is 6.42 Å². The number of nitrogens with zero attached hydrogens (tertiary/aromatic N) is 5. The Bertz CT molecular complexity index is 456. The van der Waals surface area contributed by atoms with Crippen LogP contribution >= 0.6 is 0 Å². The van der Waals surface area contributed by atoms with E-state index in [1.165, 1.54) is 6.33 Å². The molecule has 2 aromatic heterocycles. The van der Waals surface area contributed by atoms with Gasteiger partial charge in [-0.3, -0.25) is 0 Å². The van der Waals surface area contributed by atoms with E-state index in [4.69, 9.17) is 4.52 Å². The molecule has 7 heteroatoms. The van der Waals surface area contributed by atoms with Crippen molar-refractivity contribution in [3.63, 3.8) is 0 Å². The van der Waals surface area contributed by atoms with E-state index in [0.29, 0.717) is 24.8 Å². The van der Waals surface area contributed by atoms with Gasteiger partial charge in [-0.2, -0.15) is 9.97 Å². The normalized spacial score (nSPS) is 10.2.